The Bertz CT molecular complexity index is 160. The summed E-state index contributed by atoms with van der Waals surface area (Å²) in [5, 5.41) is 3.02. The summed E-state index contributed by atoms with van der Waals surface area (Å²) in [6.07, 6.45) is 13.7. The van der Waals surface area contributed by atoms with Crippen molar-refractivity contribution in [2.45, 2.75) is 71.1 Å². The van der Waals surface area contributed by atoms with Gasteiger partial charge in [0.25, 0.3) is 0 Å². The van der Waals surface area contributed by atoms with Crippen LogP contribution in [0.25, 0.3) is 0 Å². The van der Waals surface area contributed by atoms with Gasteiger partial charge in [-0.2, -0.15) is 0 Å². The minimum atomic E-state index is 0.510. The zero-order chi connectivity index (χ0) is 12.1. The molecule has 16 heavy (non-hydrogen) atoms. The van der Waals surface area contributed by atoms with E-state index in [1.165, 1.54) is 64.2 Å². The summed E-state index contributed by atoms with van der Waals surface area (Å²) in [6, 6.07) is 0. The second-order valence-electron chi connectivity index (χ2n) is 4.40. The summed E-state index contributed by atoms with van der Waals surface area (Å²) in [7, 11) is 0. The number of nitrogens with one attached hydrogen (secondary N) is 1. The van der Waals surface area contributed by atoms with Gasteiger partial charge in [0.2, 0.25) is 0 Å². The Hall–Kier alpha value is 0.110. The van der Waals surface area contributed by atoms with Crippen molar-refractivity contribution in [1.29, 1.82) is 0 Å². The van der Waals surface area contributed by atoms with Crippen LogP contribution in [0, 0.1) is 0 Å². The van der Waals surface area contributed by atoms with Crippen LogP contribution in [0.15, 0.2) is 0 Å². The molecule has 0 aromatic heterocycles. The molecule has 0 spiro atoms. The van der Waals surface area contributed by atoms with Gasteiger partial charge in [-0.15, -0.1) is 0 Å². The molecule has 0 unspecified atom stereocenters. The Labute approximate surface area is 112 Å². The first-order valence-corrected chi connectivity index (χ1v) is 7.54. The number of hydrogen-bond acceptors (Lipinski definition) is 2. The van der Waals surface area contributed by atoms with Gasteiger partial charge in [-0.1, -0.05) is 69.0 Å². The summed E-state index contributed by atoms with van der Waals surface area (Å²) in [4.78, 5) is 0. The van der Waals surface area contributed by atoms with E-state index in [4.69, 9.17) is 24.8 Å². The minimum Gasteiger partial charge on any atom is -0.412 e. The van der Waals surface area contributed by atoms with Crippen molar-refractivity contribution < 1.29 is 0 Å². The molecule has 0 fully saturated rings. The van der Waals surface area contributed by atoms with Crippen LogP contribution in [0.2, 0.25) is 0 Å². The van der Waals surface area contributed by atoms with E-state index >= 15 is 0 Å². The van der Waals surface area contributed by atoms with Gasteiger partial charge in [0, 0.05) is 6.54 Å². The lowest BCUT2D eigenvalue weighted by Gasteiger charge is -2.08. The average Bonchev–Trinajstić information content (AvgIpc) is 2.25. The zero-order valence-corrected chi connectivity index (χ0v) is 12.2. The third kappa shape index (κ3) is 14.1. The first-order chi connectivity index (χ1) is 7.77. The fourth-order valence-electron chi connectivity index (χ4n) is 1.80. The third-order valence-electron chi connectivity index (χ3n) is 2.80. The average molecular weight is 260 g/mol. The topological polar surface area (TPSA) is 12.0 Å². The van der Waals surface area contributed by atoms with Crippen LogP contribution in [0.3, 0.4) is 0 Å². The highest BCUT2D eigenvalue weighted by Crippen LogP contribution is 2.10. The number of thiocarbonyl (C=S) groups is 1. The fraction of sp³-hybridized carbons (Fsp3) is 0.923. The molecule has 0 heterocycles. The third-order valence-corrected chi connectivity index (χ3v) is 3.09. The number of hydrogen-bond donors (Lipinski definition) is 1. The van der Waals surface area contributed by atoms with E-state index in [1.54, 1.807) is 0 Å². The van der Waals surface area contributed by atoms with E-state index in [0.29, 0.717) is 4.32 Å². The van der Waals surface area contributed by atoms with E-state index < -0.39 is 0 Å². The Morgan fingerprint density at radius 1 is 0.875 bits per heavy atom. The summed E-state index contributed by atoms with van der Waals surface area (Å²) >= 11 is 9.54. The summed E-state index contributed by atoms with van der Waals surface area (Å²) in [5.41, 5.74) is 0. The zero-order valence-electron chi connectivity index (χ0n) is 10.6. The molecule has 0 atom stereocenters. The van der Waals surface area contributed by atoms with Crippen LogP contribution in [-0.4, -0.2) is 10.9 Å². The van der Waals surface area contributed by atoms with E-state index in [1.807, 2.05) is 0 Å². The molecule has 1 nitrogen and oxygen atoms in total. The molecule has 0 aromatic carbocycles. The monoisotopic (exact) mass is 260 g/mol. The van der Waals surface area contributed by atoms with E-state index in [9.17, 15) is 0 Å². The highest BCUT2D eigenvalue weighted by molar-refractivity contribution is 8.00. The number of unbranched alkanes of at least 4 members (excludes halogenated alkanes) is 9. The molecule has 0 amide bonds. The molecule has 0 aliphatic carbocycles. The Morgan fingerprint density at radius 3 is 1.75 bits per heavy atom. The normalized spacial score (nSPS) is 10.3. The maximum atomic E-state index is 4.77. The summed E-state index contributed by atoms with van der Waals surface area (Å²) < 4.78 is 0.510. The van der Waals surface area contributed by atoms with Crippen molar-refractivity contribution in [3.8, 4) is 0 Å². The summed E-state index contributed by atoms with van der Waals surface area (Å²) in [6.45, 7) is 3.22. The lowest BCUT2D eigenvalue weighted by molar-refractivity contribution is 0.555. The van der Waals surface area contributed by atoms with Gasteiger partial charge in [-0.25, -0.2) is 0 Å². The van der Waals surface area contributed by atoms with Crippen molar-refractivity contribution in [3.63, 3.8) is 0 Å². The maximum absolute atomic E-state index is 4.77. The Kier molecular flexibility index (Phi) is 13.3. The molecule has 96 valence electrons. The van der Waals surface area contributed by atoms with E-state index in [0.717, 1.165) is 6.54 Å². The fourth-order valence-corrected chi connectivity index (χ4v) is 2.01. The lowest BCUT2D eigenvalue weighted by atomic mass is 10.1. The molecule has 0 saturated heterocycles. The van der Waals surface area contributed by atoms with Crippen molar-refractivity contribution in [2.24, 2.45) is 0 Å². The molecule has 0 aliphatic heterocycles. The molecule has 0 bridgehead atoms. The molecule has 0 aromatic rings. The quantitative estimate of drug-likeness (QED) is 0.337. The van der Waals surface area contributed by atoms with Gasteiger partial charge in [-0.3, -0.25) is 0 Å². The predicted molar refractivity (Wildman–Crippen MR) is 79.8 cm³/mol. The second-order valence-corrected chi connectivity index (χ2v) is 5.47. The molecular formula is C13H26NS2-. The molecule has 0 radical (unpaired) electrons. The van der Waals surface area contributed by atoms with Gasteiger partial charge in [0.15, 0.2) is 0 Å². The minimum absolute atomic E-state index is 0.510. The smallest absolute Gasteiger partial charge is 0.0132 e. The molecule has 0 rings (SSSR count). The van der Waals surface area contributed by atoms with Crippen LogP contribution in [-0.2, 0) is 12.6 Å². The molecule has 3 heteroatoms. The van der Waals surface area contributed by atoms with Crippen molar-refractivity contribution in [3.05, 3.63) is 0 Å². The van der Waals surface area contributed by atoms with Crippen molar-refractivity contribution in [1.82, 2.24) is 5.32 Å². The largest absolute Gasteiger partial charge is 0.412 e. The highest BCUT2D eigenvalue weighted by atomic mass is 32.1. The molecule has 1 N–H and O–H groups in total. The predicted octanol–water partition coefficient (Wildman–Crippen LogP) is 4.33. The highest BCUT2D eigenvalue weighted by Gasteiger charge is 1.92. The molecule has 0 aliphatic rings. The van der Waals surface area contributed by atoms with Crippen LogP contribution in [0.5, 0.6) is 0 Å². The van der Waals surface area contributed by atoms with Crippen LogP contribution in [0.4, 0.5) is 0 Å². The first kappa shape index (κ1) is 16.1. The van der Waals surface area contributed by atoms with Crippen LogP contribution in [0.1, 0.15) is 71.1 Å². The van der Waals surface area contributed by atoms with Gasteiger partial charge in [-0.05, 0) is 6.42 Å². The maximum Gasteiger partial charge on any atom is 0.0132 e. The first-order valence-electron chi connectivity index (χ1n) is 6.72. The van der Waals surface area contributed by atoms with Crippen molar-refractivity contribution >= 4 is 29.2 Å². The summed E-state index contributed by atoms with van der Waals surface area (Å²) in [5.74, 6) is 0. The molecular weight excluding hydrogens is 234 g/mol. The second kappa shape index (κ2) is 13.2. The van der Waals surface area contributed by atoms with Gasteiger partial charge in [0.1, 0.15) is 0 Å². The SMILES string of the molecule is CCCCCCCCCCCCNC(=S)[S-]. The standard InChI is InChI=1S/C13H27NS2/c1-2-3-4-5-6-7-8-9-10-11-12-14-13(15)16/h2-12H2,1H3,(H2,14,15,16)/p-1. The van der Waals surface area contributed by atoms with Crippen LogP contribution >= 0.6 is 12.2 Å². The van der Waals surface area contributed by atoms with Crippen molar-refractivity contribution in [2.75, 3.05) is 6.54 Å². The van der Waals surface area contributed by atoms with E-state index in [-0.39, 0.29) is 0 Å². The van der Waals surface area contributed by atoms with Gasteiger partial charge < -0.3 is 30.2 Å². The Balaban J connectivity index is 2.90. The van der Waals surface area contributed by atoms with Gasteiger partial charge in [0.05, 0.1) is 0 Å². The van der Waals surface area contributed by atoms with Crippen LogP contribution < -0.4 is 5.32 Å². The number of rotatable bonds is 11. The van der Waals surface area contributed by atoms with Gasteiger partial charge >= 0.3 is 0 Å². The molecule has 0 saturated carbocycles. The lowest BCUT2D eigenvalue weighted by Crippen LogP contribution is -2.19. The Morgan fingerprint density at radius 2 is 1.31 bits per heavy atom. The van der Waals surface area contributed by atoms with E-state index in [2.05, 4.69) is 12.2 Å².